The fourth-order valence-electron chi connectivity index (χ4n) is 4.67. The zero-order valence-corrected chi connectivity index (χ0v) is 23.5. The number of carbonyl (C=O) groups excluding carboxylic acids is 3. The highest BCUT2D eigenvalue weighted by Gasteiger charge is 2.36. The third kappa shape index (κ3) is 6.63. The van der Waals surface area contributed by atoms with Gasteiger partial charge in [0, 0.05) is 30.9 Å². The predicted molar refractivity (Wildman–Crippen MR) is 159 cm³/mol. The number of nitrogens with one attached hydrogen (secondary N) is 1. The van der Waals surface area contributed by atoms with Crippen LogP contribution in [0.2, 0.25) is 0 Å². The Labute approximate surface area is 235 Å². The van der Waals surface area contributed by atoms with Crippen molar-refractivity contribution in [1.29, 1.82) is 0 Å². The van der Waals surface area contributed by atoms with E-state index in [4.69, 9.17) is 9.73 Å². The maximum absolute atomic E-state index is 13.3. The minimum atomic E-state index is -0.656. The maximum atomic E-state index is 13.3. The number of hydrogen-bond donors (Lipinski definition) is 1. The molecule has 2 amide bonds. The van der Waals surface area contributed by atoms with Crippen LogP contribution in [0.25, 0.3) is 0 Å². The number of amides is 2. The van der Waals surface area contributed by atoms with Crippen LogP contribution < -0.4 is 10.2 Å². The number of hydrogen-bond acceptors (Lipinski definition) is 6. The van der Waals surface area contributed by atoms with E-state index in [1.54, 1.807) is 25.1 Å². The lowest BCUT2D eigenvalue weighted by atomic mass is 9.90. The molecule has 1 unspecified atom stereocenters. The predicted octanol–water partition coefficient (Wildman–Crippen LogP) is 5.41. The van der Waals surface area contributed by atoms with E-state index in [1.807, 2.05) is 80.5 Å². The normalized spacial score (nSPS) is 14.6. The van der Waals surface area contributed by atoms with Gasteiger partial charge in [-0.25, -0.2) is 4.79 Å². The van der Waals surface area contributed by atoms with Crippen molar-refractivity contribution in [2.24, 2.45) is 4.99 Å². The van der Waals surface area contributed by atoms with Gasteiger partial charge in [-0.1, -0.05) is 43.3 Å². The summed E-state index contributed by atoms with van der Waals surface area (Å²) in [4.78, 5) is 47.2. The van der Waals surface area contributed by atoms with E-state index >= 15 is 0 Å². The molecular formula is C32H36N4O4. The van der Waals surface area contributed by atoms with Crippen molar-refractivity contribution in [3.05, 3.63) is 89.5 Å². The Morgan fingerprint density at radius 2 is 1.65 bits per heavy atom. The molecule has 0 aliphatic carbocycles. The van der Waals surface area contributed by atoms with Crippen molar-refractivity contribution in [3.8, 4) is 0 Å². The van der Waals surface area contributed by atoms with Crippen LogP contribution in [0.4, 0.5) is 17.1 Å². The molecule has 1 N–H and O–H groups in total. The monoisotopic (exact) mass is 540 g/mol. The molecule has 40 heavy (non-hydrogen) atoms. The van der Waals surface area contributed by atoms with Gasteiger partial charge >= 0.3 is 5.97 Å². The van der Waals surface area contributed by atoms with Gasteiger partial charge in [-0.2, -0.15) is 0 Å². The summed E-state index contributed by atoms with van der Waals surface area (Å²) in [6.45, 7) is 5.37. The molecule has 0 radical (unpaired) electrons. The van der Waals surface area contributed by atoms with E-state index in [0.717, 1.165) is 29.8 Å². The van der Waals surface area contributed by atoms with Crippen LogP contribution >= 0.6 is 0 Å². The van der Waals surface area contributed by atoms with Crippen molar-refractivity contribution in [2.45, 2.75) is 32.6 Å². The molecule has 0 aromatic heterocycles. The average Bonchev–Trinajstić information content (AvgIpc) is 3.27. The molecule has 1 aliphatic rings. The molecular weight excluding hydrogens is 504 g/mol. The van der Waals surface area contributed by atoms with Gasteiger partial charge in [0.25, 0.3) is 0 Å². The molecule has 1 heterocycles. The summed E-state index contributed by atoms with van der Waals surface area (Å²) < 4.78 is 5.12. The molecule has 3 aromatic rings. The molecule has 0 fully saturated rings. The lowest BCUT2D eigenvalue weighted by Crippen LogP contribution is -2.36. The van der Waals surface area contributed by atoms with Gasteiger partial charge in [0.1, 0.15) is 5.92 Å². The SMILES string of the molecule is CCCC(=O)N(CCN(C)C)c1ccc(N=C(c2ccccc2)C2C(=O)Nc3cc(C(=O)OCC)ccc32)cc1. The highest BCUT2D eigenvalue weighted by atomic mass is 16.5. The Kier molecular flexibility index (Phi) is 9.45. The van der Waals surface area contributed by atoms with Crippen LogP contribution in [0.15, 0.2) is 77.8 Å². The maximum Gasteiger partial charge on any atom is 0.338 e. The van der Waals surface area contributed by atoms with Crippen LogP contribution in [0.5, 0.6) is 0 Å². The second kappa shape index (κ2) is 13.2. The van der Waals surface area contributed by atoms with Gasteiger partial charge in [0.05, 0.1) is 23.6 Å². The molecule has 8 nitrogen and oxygen atoms in total. The van der Waals surface area contributed by atoms with Gasteiger partial charge < -0.3 is 19.9 Å². The molecule has 0 saturated heterocycles. The molecule has 1 atom stereocenters. The number of fused-ring (bicyclic) bond motifs is 1. The Bertz CT molecular complexity index is 1380. The summed E-state index contributed by atoms with van der Waals surface area (Å²) in [7, 11) is 3.97. The number of aliphatic imine (C=N–C) groups is 1. The van der Waals surface area contributed by atoms with Crippen molar-refractivity contribution >= 4 is 40.6 Å². The van der Waals surface area contributed by atoms with Crippen molar-refractivity contribution in [1.82, 2.24) is 4.90 Å². The highest BCUT2D eigenvalue weighted by Crippen LogP contribution is 2.37. The van der Waals surface area contributed by atoms with Crippen LogP contribution in [0, 0.1) is 0 Å². The van der Waals surface area contributed by atoms with Crippen LogP contribution in [-0.4, -0.2) is 62.2 Å². The number of esters is 1. The van der Waals surface area contributed by atoms with Gasteiger partial charge in [-0.15, -0.1) is 0 Å². The van der Waals surface area contributed by atoms with E-state index in [1.165, 1.54) is 0 Å². The lowest BCUT2D eigenvalue weighted by molar-refractivity contribution is -0.118. The Morgan fingerprint density at radius 1 is 0.925 bits per heavy atom. The first-order valence-corrected chi connectivity index (χ1v) is 13.6. The molecule has 0 bridgehead atoms. The van der Waals surface area contributed by atoms with E-state index in [9.17, 15) is 14.4 Å². The van der Waals surface area contributed by atoms with E-state index in [-0.39, 0.29) is 18.4 Å². The number of ether oxygens (including phenoxy) is 1. The molecule has 1 aliphatic heterocycles. The largest absolute Gasteiger partial charge is 0.462 e. The highest BCUT2D eigenvalue weighted by molar-refractivity contribution is 6.24. The fourth-order valence-corrected chi connectivity index (χ4v) is 4.67. The zero-order valence-electron chi connectivity index (χ0n) is 23.5. The molecule has 4 rings (SSSR count). The van der Waals surface area contributed by atoms with Crippen LogP contribution in [0.3, 0.4) is 0 Å². The molecule has 3 aromatic carbocycles. The molecule has 0 spiro atoms. The number of carbonyl (C=O) groups is 3. The quantitative estimate of drug-likeness (QED) is 0.259. The number of benzene rings is 3. The third-order valence-electron chi connectivity index (χ3n) is 6.69. The van der Waals surface area contributed by atoms with Gasteiger partial charge in [0.2, 0.25) is 11.8 Å². The standard InChI is InChI=1S/C32H36N4O4/c1-5-10-28(37)36(20-19-35(3)4)25-16-14-24(15-17-25)33-30(22-11-8-7-9-12-22)29-26-18-13-23(32(39)40-6-2)21-27(26)34-31(29)38/h7-9,11-18,21,29H,5-6,10,19-20H2,1-4H3,(H,34,38). The van der Waals surface area contributed by atoms with Gasteiger partial charge in [0.15, 0.2) is 0 Å². The fraction of sp³-hybridized carbons (Fsp3) is 0.312. The van der Waals surface area contributed by atoms with Crippen LogP contribution in [0.1, 0.15) is 54.1 Å². The summed E-state index contributed by atoms with van der Waals surface area (Å²) in [6, 6.07) is 22.3. The van der Waals surface area contributed by atoms with Gasteiger partial charge in [-0.05, 0) is 75.0 Å². The average molecular weight is 541 g/mol. The van der Waals surface area contributed by atoms with E-state index in [0.29, 0.717) is 35.6 Å². The number of likely N-dealkylation sites (N-methyl/N-ethyl adjacent to an activating group) is 1. The minimum absolute atomic E-state index is 0.0898. The Balaban J connectivity index is 1.70. The number of anilines is 2. The summed E-state index contributed by atoms with van der Waals surface area (Å²) in [5.74, 6) is -1.21. The molecule has 8 heteroatoms. The summed E-state index contributed by atoms with van der Waals surface area (Å²) in [5.41, 5.74) is 4.60. The third-order valence-corrected chi connectivity index (χ3v) is 6.69. The second-order valence-electron chi connectivity index (χ2n) is 9.92. The minimum Gasteiger partial charge on any atom is -0.462 e. The smallest absolute Gasteiger partial charge is 0.338 e. The van der Waals surface area contributed by atoms with Crippen LogP contribution in [-0.2, 0) is 14.3 Å². The van der Waals surface area contributed by atoms with Crippen molar-refractivity contribution in [2.75, 3.05) is 44.0 Å². The zero-order chi connectivity index (χ0) is 28.6. The second-order valence-corrected chi connectivity index (χ2v) is 9.92. The van der Waals surface area contributed by atoms with Crippen molar-refractivity contribution in [3.63, 3.8) is 0 Å². The summed E-state index contributed by atoms with van der Waals surface area (Å²) in [5, 5.41) is 2.92. The van der Waals surface area contributed by atoms with Gasteiger partial charge in [-0.3, -0.25) is 14.6 Å². The number of rotatable bonds is 11. The summed E-state index contributed by atoms with van der Waals surface area (Å²) in [6.07, 6.45) is 1.27. The topological polar surface area (TPSA) is 91.3 Å². The first-order valence-electron chi connectivity index (χ1n) is 13.6. The first-order chi connectivity index (χ1) is 19.3. The molecule has 208 valence electrons. The Hall–Kier alpha value is -4.30. The first kappa shape index (κ1) is 28.7. The summed E-state index contributed by atoms with van der Waals surface area (Å²) >= 11 is 0. The van der Waals surface area contributed by atoms with E-state index < -0.39 is 11.9 Å². The van der Waals surface area contributed by atoms with Crippen molar-refractivity contribution < 1.29 is 19.1 Å². The molecule has 0 saturated carbocycles. The lowest BCUT2D eigenvalue weighted by Gasteiger charge is -2.24. The van der Waals surface area contributed by atoms with E-state index in [2.05, 4.69) is 10.2 Å². The Morgan fingerprint density at radius 3 is 2.30 bits per heavy atom. The number of nitrogens with zero attached hydrogens (tertiary/aromatic N) is 3.